The molecule has 1 aromatic heterocycles. The van der Waals surface area contributed by atoms with Crippen LogP contribution in [0.5, 0.6) is 0 Å². The van der Waals surface area contributed by atoms with Gasteiger partial charge in [0.25, 0.3) is 0 Å². The second-order valence-electron chi connectivity index (χ2n) is 9.25. The van der Waals surface area contributed by atoms with Gasteiger partial charge in [-0.2, -0.15) is 4.98 Å². The second-order valence-corrected chi connectivity index (χ2v) is 9.25. The normalized spacial score (nSPS) is 21.6. The Kier molecular flexibility index (Phi) is 6.37. The molecule has 1 saturated carbocycles. The Morgan fingerprint density at radius 2 is 1.82 bits per heavy atom. The lowest BCUT2D eigenvalue weighted by atomic mass is 9.86. The number of benzene rings is 1. The number of rotatable bonds is 6. The molecule has 2 aromatic rings. The van der Waals surface area contributed by atoms with Crippen LogP contribution in [0.3, 0.4) is 0 Å². The van der Waals surface area contributed by atoms with Gasteiger partial charge in [-0.3, -0.25) is 9.59 Å². The number of fused-ring (bicyclic) bond motifs is 1. The molecule has 1 aliphatic carbocycles. The fraction of sp³-hybridized carbons (Fsp3) is 0.478. The molecule has 0 radical (unpaired) electrons. The number of nitrogens with zero attached hydrogens (tertiary/aromatic N) is 3. The zero-order valence-electron chi connectivity index (χ0n) is 19.4. The monoisotopic (exact) mass is 476 g/mol. The fourth-order valence-electron chi connectivity index (χ4n) is 4.49. The third-order valence-electron chi connectivity index (χ3n) is 6.22. The molecule has 0 spiro atoms. The van der Waals surface area contributed by atoms with E-state index in [1.54, 1.807) is 6.92 Å². The fourth-order valence-corrected chi connectivity index (χ4v) is 4.49. The molecule has 1 atom stereocenters. The lowest BCUT2D eigenvalue weighted by Gasteiger charge is -2.38. The number of amides is 2. The molecule has 1 aliphatic heterocycles. The van der Waals surface area contributed by atoms with Gasteiger partial charge >= 0.3 is 0 Å². The Labute approximate surface area is 195 Å². The van der Waals surface area contributed by atoms with Crippen LogP contribution in [0.2, 0.25) is 0 Å². The molecule has 0 bridgehead atoms. The number of hydrogen-bond donors (Lipinski definition) is 3. The highest BCUT2D eigenvalue weighted by Gasteiger charge is 2.36. The van der Waals surface area contributed by atoms with Gasteiger partial charge in [-0.25, -0.2) is 18.2 Å². The van der Waals surface area contributed by atoms with Crippen LogP contribution < -0.4 is 20.9 Å². The van der Waals surface area contributed by atoms with E-state index in [9.17, 15) is 22.8 Å². The van der Waals surface area contributed by atoms with E-state index < -0.39 is 23.4 Å². The van der Waals surface area contributed by atoms with E-state index in [0.29, 0.717) is 36.0 Å². The van der Waals surface area contributed by atoms with Gasteiger partial charge < -0.3 is 20.9 Å². The highest BCUT2D eigenvalue weighted by Crippen LogP contribution is 2.35. The summed E-state index contributed by atoms with van der Waals surface area (Å²) < 4.78 is 39.7. The third-order valence-corrected chi connectivity index (χ3v) is 6.22. The summed E-state index contributed by atoms with van der Waals surface area (Å²) in [6.45, 7) is 5.76. The number of likely N-dealkylation sites (N-methyl/N-ethyl adjacent to an activating group) is 1. The first kappa shape index (κ1) is 23.8. The summed E-state index contributed by atoms with van der Waals surface area (Å²) >= 11 is 0. The minimum atomic E-state index is -1.55. The number of hydrogen-bond acceptors (Lipinski definition) is 6. The topological polar surface area (TPSA) is 99.2 Å². The first-order valence-electron chi connectivity index (χ1n) is 11.1. The molecule has 1 unspecified atom stereocenters. The van der Waals surface area contributed by atoms with Crippen molar-refractivity contribution in [3.63, 3.8) is 0 Å². The van der Waals surface area contributed by atoms with Crippen LogP contribution in [0, 0.1) is 30.3 Å². The first-order valence-corrected chi connectivity index (χ1v) is 11.1. The van der Waals surface area contributed by atoms with Gasteiger partial charge in [0.1, 0.15) is 11.7 Å². The maximum Gasteiger partial charge on any atom is 0.247 e. The maximum absolute atomic E-state index is 13.3. The molecule has 3 N–H and O–H groups in total. The number of aryl methyl sites for hydroxylation is 1. The Bertz CT molecular complexity index is 1110. The summed E-state index contributed by atoms with van der Waals surface area (Å²) in [6, 6.07) is 1.24. The Morgan fingerprint density at radius 3 is 2.44 bits per heavy atom. The van der Waals surface area contributed by atoms with E-state index in [4.69, 9.17) is 0 Å². The van der Waals surface area contributed by atoms with Crippen molar-refractivity contribution in [2.75, 3.05) is 22.6 Å². The zero-order valence-corrected chi connectivity index (χ0v) is 19.4. The highest BCUT2D eigenvalue weighted by molar-refractivity contribution is 6.03. The van der Waals surface area contributed by atoms with Crippen LogP contribution in [0.1, 0.15) is 37.9 Å². The molecule has 1 fully saturated rings. The van der Waals surface area contributed by atoms with Crippen LogP contribution in [-0.4, -0.2) is 47.0 Å². The summed E-state index contributed by atoms with van der Waals surface area (Å²) in [6.07, 6.45) is 1.00. The van der Waals surface area contributed by atoms with Crippen LogP contribution in [0.4, 0.5) is 30.6 Å². The number of halogens is 3. The van der Waals surface area contributed by atoms with E-state index in [1.165, 1.54) is 0 Å². The Balaban J connectivity index is 1.34. The molecule has 34 heavy (non-hydrogen) atoms. The van der Waals surface area contributed by atoms with Gasteiger partial charge in [-0.1, -0.05) is 13.8 Å². The first-order chi connectivity index (χ1) is 16.0. The Morgan fingerprint density at radius 1 is 1.18 bits per heavy atom. The lowest BCUT2D eigenvalue weighted by molar-refractivity contribution is -0.121. The number of carbonyl (C=O) groups excluding carboxylic acids is 2. The molecule has 11 heteroatoms. The zero-order chi connectivity index (χ0) is 24.7. The SMILES string of the molecule is Cc1nc(N[C@H]2C[C@H](NC(=O)Cc3cc(F)c(F)c(F)c3)C2)nc2c1NC(=O)C(C(C)C)N2C. The van der Waals surface area contributed by atoms with Crippen molar-refractivity contribution in [3.8, 4) is 0 Å². The summed E-state index contributed by atoms with van der Waals surface area (Å²) in [7, 11) is 1.84. The largest absolute Gasteiger partial charge is 0.353 e. The van der Waals surface area contributed by atoms with E-state index in [0.717, 1.165) is 12.1 Å². The van der Waals surface area contributed by atoms with E-state index in [-0.39, 0.29) is 41.9 Å². The van der Waals surface area contributed by atoms with Gasteiger partial charge in [0.2, 0.25) is 17.8 Å². The van der Waals surface area contributed by atoms with Crippen molar-refractivity contribution in [1.82, 2.24) is 15.3 Å². The van der Waals surface area contributed by atoms with Gasteiger partial charge in [0.15, 0.2) is 23.3 Å². The molecule has 182 valence electrons. The van der Waals surface area contributed by atoms with Gasteiger partial charge in [-0.15, -0.1) is 0 Å². The maximum atomic E-state index is 13.3. The molecular formula is C23H27F3N6O2. The van der Waals surface area contributed by atoms with Gasteiger partial charge in [-0.05, 0) is 43.4 Å². The molecule has 2 aliphatic rings. The van der Waals surface area contributed by atoms with E-state index in [1.807, 2.05) is 25.8 Å². The summed E-state index contributed by atoms with van der Waals surface area (Å²) in [5.74, 6) is -3.48. The quantitative estimate of drug-likeness (QED) is 0.555. The van der Waals surface area contributed by atoms with Crippen molar-refractivity contribution >= 4 is 29.3 Å². The van der Waals surface area contributed by atoms with E-state index in [2.05, 4.69) is 25.9 Å². The molecule has 8 nitrogen and oxygen atoms in total. The second kappa shape index (κ2) is 9.11. The molecule has 2 amide bonds. The van der Waals surface area contributed by atoms with Gasteiger partial charge in [0.05, 0.1) is 12.1 Å². The van der Waals surface area contributed by atoms with Crippen molar-refractivity contribution in [2.24, 2.45) is 5.92 Å². The number of anilines is 3. The summed E-state index contributed by atoms with van der Waals surface area (Å²) in [5.41, 5.74) is 1.32. The number of nitrogens with one attached hydrogen (secondary N) is 3. The standard InChI is InChI=1S/C23H27F3N6O2/c1-10(2)20-22(34)30-19-11(3)27-23(31-21(19)32(20)4)29-14-8-13(9-14)28-17(33)7-12-5-15(24)18(26)16(25)6-12/h5-6,10,13-14,20H,7-9H2,1-4H3,(H,28,33)(H,30,34)(H,27,29,31)/t13-,14-,20?. The molecule has 4 rings (SSSR count). The van der Waals surface area contributed by atoms with Crippen LogP contribution in [0.25, 0.3) is 0 Å². The van der Waals surface area contributed by atoms with Crippen LogP contribution >= 0.6 is 0 Å². The lowest BCUT2D eigenvalue weighted by Crippen LogP contribution is -2.51. The summed E-state index contributed by atoms with van der Waals surface area (Å²) in [5, 5.41) is 8.99. The van der Waals surface area contributed by atoms with Crippen molar-refractivity contribution in [1.29, 1.82) is 0 Å². The average molecular weight is 477 g/mol. The minimum Gasteiger partial charge on any atom is -0.353 e. The predicted molar refractivity (Wildman–Crippen MR) is 121 cm³/mol. The predicted octanol–water partition coefficient (Wildman–Crippen LogP) is 2.92. The molecule has 2 heterocycles. The third kappa shape index (κ3) is 4.64. The molecule has 1 aromatic carbocycles. The van der Waals surface area contributed by atoms with Crippen molar-refractivity contribution in [3.05, 3.63) is 40.8 Å². The number of carbonyl (C=O) groups is 2. The molecular weight excluding hydrogens is 449 g/mol. The van der Waals surface area contributed by atoms with Crippen LogP contribution in [-0.2, 0) is 16.0 Å². The molecule has 0 saturated heterocycles. The highest BCUT2D eigenvalue weighted by atomic mass is 19.2. The minimum absolute atomic E-state index is 0.0350. The summed E-state index contributed by atoms with van der Waals surface area (Å²) in [4.78, 5) is 35.6. The van der Waals surface area contributed by atoms with Crippen LogP contribution in [0.15, 0.2) is 12.1 Å². The Hall–Kier alpha value is -3.37. The van der Waals surface area contributed by atoms with Crippen molar-refractivity contribution < 1.29 is 22.8 Å². The smallest absolute Gasteiger partial charge is 0.247 e. The van der Waals surface area contributed by atoms with E-state index >= 15 is 0 Å². The number of aromatic nitrogens is 2. The van der Waals surface area contributed by atoms with Gasteiger partial charge in [0, 0.05) is 19.1 Å². The average Bonchev–Trinajstić information content (AvgIpc) is 2.71. The van der Waals surface area contributed by atoms with Crippen molar-refractivity contribution in [2.45, 2.75) is 58.2 Å².